The summed E-state index contributed by atoms with van der Waals surface area (Å²) in [5.41, 5.74) is 8.28. The molecule has 1 saturated heterocycles. The summed E-state index contributed by atoms with van der Waals surface area (Å²) in [4.78, 5) is 25.1. The maximum absolute atomic E-state index is 13.2. The number of carbonyl (C=O) groups excluding carboxylic acids is 2. The monoisotopic (exact) mass is 446 g/mol. The van der Waals surface area contributed by atoms with Crippen LogP contribution in [-0.4, -0.2) is 18.4 Å². The van der Waals surface area contributed by atoms with Gasteiger partial charge >= 0.3 is 0 Å². The normalized spacial score (nSPS) is 13.7. The van der Waals surface area contributed by atoms with Crippen molar-refractivity contribution in [2.75, 3.05) is 11.6 Å². The summed E-state index contributed by atoms with van der Waals surface area (Å²) in [6.45, 7) is 6.69. The van der Waals surface area contributed by atoms with Crippen molar-refractivity contribution >= 4 is 29.7 Å². The first-order valence-corrected chi connectivity index (χ1v) is 10.9. The Balaban J connectivity index is 1.95. The minimum Gasteiger partial charge on any atom is -0.493 e. The third kappa shape index (κ3) is 5.68. The second-order valence-corrected chi connectivity index (χ2v) is 7.46. The number of rotatable bonds is 8. The minimum absolute atomic E-state index is 0.118. The van der Waals surface area contributed by atoms with Gasteiger partial charge in [-0.25, -0.2) is 9.40 Å². The number of hydrogen-bond donors (Lipinski definition) is 1. The van der Waals surface area contributed by atoms with E-state index >= 15 is 0 Å². The van der Waals surface area contributed by atoms with Gasteiger partial charge in [-0.1, -0.05) is 44.2 Å². The quantitative estimate of drug-likeness (QED) is 0.251. The first kappa shape index (κ1) is 23.8. The van der Waals surface area contributed by atoms with Gasteiger partial charge in [-0.05, 0) is 67.3 Å². The molecule has 0 saturated carbocycles. The summed E-state index contributed by atoms with van der Waals surface area (Å²) in [5.74, 6) is -0.763. The maximum atomic E-state index is 13.2. The molecule has 0 spiro atoms. The van der Waals surface area contributed by atoms with Crippen molar-refractivity contribution in [1.29, 1.82) is 0 Å². The molecule has 0 unspecified atom stereocenters. The number of hydrazine groups is 1. The fourth-order valence-corrected chi connectivity index (χ4v) is 3.25. The highest BCUT2D eigenvalue weighted by Crippen LogP contribution is 2.28. The SMILES string of the molecule is CC/C=C\C=C/c1c(OCCC)ccc(C=C=C2C(=O)NN(c3ccc(F)cc3)C2=O)c1C. The zero-order valence-corrected chi connectivity index (χ0v) is 19.0. The third-order valence-corrected chi connectivity index (χ3v) is 5.04. The molecule has 0 bridgehead atoms. The van der Waals surface area contributed by atoms with Gasteiger partial charge in [-0.2, -0.15) is 0 Å². The Bertz CT molecular complexity index is 1160. The molecule has 170 valence electrons. The number of carbonyl (C=O) groups is 2. The number of ether oxygens (including phenoxy) is 1. The Morgan fingerprint density at radius 1 is 1.09 bits per heavy atom. The zero-order valence-electron chi connectivity index (χ0n) is 19.0. The maximum Gasteiger partial charge on any atom is 0.290 e. The molecule has 0 aliphatic carbocycles. The summed E-state index contributed by atoms with van der Waals surface area (Å²) < 4.78 is 19.1. The molecule has 5 nitrogen and oxygen atoms in total. The Morgan fingerprint density at radius 2 is 1.85 bits per heavy atom. The molecule has 0 radical (unpaired) electrons. The molecule has 1 aliphatic heterocycles. The van der Waals surface area contributed by atoms with Crippen LogP contribution in [0.15, 0.2) is 65.9 Å². The highest BCUT2D eigenvalue weighted by atomic mass is 19.1. The molecule has 3 rings (SSSR count). The van der Waals surface area contributed by atoms with E-state index in [1.165, 1.54) is 24.3 Å². The van der Waals surface area contributed by atoms with E-state index in [1.807, 2.05) is 37.3 Å². The van der Waals surface area contributed by atoms with Crippen LogP contribution in [0.2, 0.25) is 0 Å². The van der Waals surface area contributed by atoms with Crippen LogP contribution < -0.4 is 15.2 Å². The second-order valence-electron chi connectivity index (χ2n) is 7.46. The molecule has 2 amide bonds. The van der Waals surface area contributed by atoms with Gasteiger partial charge < -0.3 is 4.74 Å². The summed E-state index contributed by atoms with van der Waals surface area (Å²) in [7, 11) is 0. The third-order valence-electron chi connectivity index (χ3n) is 5.04. The van der Waals surface area contributed by atoms with Gasteiger partial charge in [0.15, 0.2) is 5.57 Å². The highest BCUT2D eigenvalue weighted by molar-refractivity contribution is 6.29. The molecule has 0 atom stereocenters. The number of nitrogens with zero attached hydrogens (tertiary/aromatic N) is 1. The van der Waals surface area contributed by atoms with E-state index in [-0.39, 0.29) is 5.57 Å². The molecule has 1 fully saturated rings. The van der Waals surface area contributed by atoms with Crippen LogP contribution >= 0.6 is 0 Å². The fourth-order valence-electron chi connectivity index (χ4n) is 3.25. The Labute approximate surface area is 193 Å². The van der Waals surface area contributed by atoms with E-state index in [0.717, 1.165) is 40.3 Å². The molecule has 1 heterocycles. The molecular formula is C27H27FN2O3. The number of hydrogen-bond acceptors (Lipinski definition) is 3. The van der Waals surface area contributed by atoms with Gasteiger partial charge in [0.1, 0.15) is 11.6 Å². The molecule has 6 heteroatoms. The lowest BCUT2D eigenvalue weighted by atomic mass is 10.00. The zero-order chi connectivity index (χ0) is 23.8. The number of halogens is 1. The fraction of sp³-hybridized carbons (Fsp3) is 0.222. The van der Waals surface area contributed by atoms with Crippen molar-refractivity contribution in [2.24, 2.45) is 0 Å². The molecule has 2 aromatic carbocycles. The molecule has 33 heavy (non-hydrogen) atoms. The van der Waals surface area contributed by atoms with E-state index < -0.39 is 17.6 Å². The van der Waals surface area contributed by atoms with E-state index in [0.29, 0.717) is 12.3 Å². The van der Waals surface area contributed by atoms with Crippen LogP contribution in [0.4, 0.5) is 10.1 Å². The lowest BCUT2D eigenvalue weighted by Gasteiger charge is -2.14. The van der Waals surface area contributed by atoms with Crippen molar-refractivity contribution in [1.82, 2.24) is 5.43 Å². The van der Waals surface area contributed by atoms with Crippen LogP contribution in [0, 0.1) is 12.7 Å². The van der Waals surface area contributed by atoms with Crippen molar-refractivity contribution in [3.8, 4) is 5.75 Å². The van der Waals surface area contributed by atoms with Crippen molar-refractivity contribution in [3.05, 3.63) is 88.4 Å². The summed E-state index contributed by atoms with van der Waals surface area (Å²) in [5, 5.41) is 1.08. The largest absolute Gasteiger partial charge is 0.493 e. The molecule has 1 N–H and O–H groups in total. The van der Waals surface area contributed by atoms with Gasteiger partial charge in [0.05, 0.1) is 12.3 Å². The lowest BCUT2D eigenvalue weighted by molar-refractivity contribution is -0.117. The number of amides is 2. The van der Waals surface area contributed by atoms with E-state index in [2.05, 4.69) is 31.1 Å². The highest BCUT2D eigenvalue weighted by Gasteiger charge is 2.34. The topological polar surface area (TPSA) is 58.6 Å². The summed E-state index contributed by atoms with van der Waals surface area (Å²) in [6, 6.07) is 9.05. The number of benzene rings is 2. The van der Waals surface area contributed by atoms with Gasteiger partial charge in [-0.15, -0.1) is 5.73 Å². The lowest BCUT2D eigenvalue weighted by Crippen LogP contribution is -2.35. The van der Waals surface area contributed by atoms with Gasteiger partial charge in [-0.3, -0.25) is 15.0 Å². The standard InChI is InChI=1S/C27H27FN2O3/c1-4-6-7-8-9-23-19(3)20(11-17-25(23)33-18-5-2)10-16-24-26(31)29-30(27(24)32)22-14-12-21(28)13-15-22/h6-15,17H,4-5,18H2,1-3H3,(H,29,31)/b7-6-,9-8-. The first-order chi connectivity index (χ1) is 16.0. The smallest absolute Gasteiger partial charge is 0.290 e. The average Bonchev–Trinajstić information content (AvgIpc) is 3.09. The summed E-state index contributed by atoms with van der Waals surface area (Å²) in [6.07, 6.45) is 11.5. The minimum atomic E-state index is -0.564. The van der Waals surface area contributed by atoms with Crippen LogP contribution in [0.1, 0.15) is 43.4 Å². The number of anilines is 1. The van der Waals surface area contributed by atoms with Crippen LogP contribution in [0.3, 0.4) is 0 Å². The first-order valence-electron chi connectivity index (χ1n) is 10.9. The Morgan fingerprint density at radius 3 is 2.55 bits per heavy atom. The van der Waals surface area contributed by atoms with Gasteiger partial charge in [0.2, 0.25) is 0 Å². The summed E-state index contributed by atoms with van der Waals surface area (Å²) >= 11 is 0. The van der Waals surface area contributed by atoms with E-state index in [4.69, 9.17) is 4.74 Å². The number of allylic oxidation sites excluding steroid dienone is 3. The Hall–Kier alpha value is -3.89. The van der Waals surface area contributed by atoms with Crippen molar-refractivity contribution in [3.63, 3.8) is 0 Å². The van der Waals surface area contributed by atoms with Gasteiger partial charge in [0, 0.05) is 5.56 Å². The second kappa shape index (κ2) is 11.1. The molecular weight excluding hydrogens is 419 g/mol. The van der Waals surface area contributed by atoms with E-state index in [9.17, 15) is 14.0 Å². The van der Waals surface area contributed by atoms with Crippen LogP contribution in [-0.2, 0) is 9.59 Å². The molecule has 1 aliphatic rings. The van der Waals surface area contributed by atoms with Crippen LogP contribution in [0.25, 0.3) is 12.2 Å². The van der Waals surface area contributed by atoms with Gasteiger partial charge in [0.25, 0.3) is 11.8 Å². The average molecular weight is 447 g/mol. The Kier molecular flexibility index (Phi) is 8.01. The predicted octanol–water partition coefficient (Wildman–Crippen LogP) is 5.52. The van der Waals surface area contributed by atoms with Crippen LogP contribution in [0.5, 0.6) is 5.75 Å². The van der Waals surface area contributed by atoms with Crippen molar-refractivity contribution in [2.45, 2.75) is 33.6 Å². The van der Waals surface area contributed by atoms with E-state index in [1.54, 1.807) is 6.08 Å². The molecule has 2 aromatic rings. The molecule has 0 aromatic heterocycles. The number of nitrogens with one attached hydrogen (secondary N) is 1. The van der Waals surface area contributed by atoms with Crippen molar-refractivity contribution < 1.29 is 18.7 Å². The predicted molar refractivity (Wildman–Crippen MR) is 129 cm³/mol.